The third-order valence-corrected chi connectivity index (χ3v) is 6.47. The molecule has 2 aromatic rings. The molecular formula is C22H29N3O3S. The molecule has 0 aromatic heterocycles. The number of piperidine rings is 1. The van der Waals surface area contributed by atoms with Crippen molar-refractivity contribution in [3.05, 3.63) is 60.2 Å². The highest BCUT2D eigenvalue weighted by atomic mass is 32.2. The van der Waals surface area contributed by atoms with Crippen LogP contribution in [-0.4, -0.2) is 39.7 Å². The molecule has 1 aliphatic heterocycles. The second-order valence-corrected chi connectivity index (χ2v) is 9.36. The van der Waals surface area contributed by atoms with E-state index in [-0.39, 0.29) is 5.91 Å². The van der Waals surface area contributed by atoms with E-state index in [4.69, 9.17) is 0 Å². The normalized spacial score (nSPS) is 15.6. The Labute approximate surface area is 173 Å². The fourth-order valence-corrected chi connectivity index (χ4v) is 4.87. The third kappa shape index (κ3) is 5.50. The van der Waals surface area contributed by atoms with Gasteiger partial charge in [0.1, 0.15) is 6.04 Å². The molecule has 0 aliphatic carbocycles. The van der Waals surface area contributed by atoms with Gasteiger partial charge in [-0.1, -0.05) is 30.3 Å². The van der Waals surface area contributed by atoms with Crippen LogP contribution in [-0.2, 0) is 21.4 Å². The van der Waals surface area contributed by atoms with Gasteiger partial charge < -0.3 is 10.2 Å². The lowest BCUT2D eigenvalue weighted by Gasteiger charge is -2.29. The van der Waals surface area contributed by atoms with Gasteiger partial charge in [-0.3, -0.25) is 9.10 Å². The predicted molar refractivity (Wildman–Crippen MR) is 118 cm³/mol. The maximum Gasteiger partial charge on any atom is 0.243 e. The quantitative estimate of drug-likeness (QED) is 0.754. The molecule has 3 rings (SSSR count). The second-order valence-electron chi connectivity index (χ2n) is 7.50. The molecule has 1 aliphatic rings. The molecule has 6 nitrogen and oxygen atoms in total. The Kier molecular flexibility index (Phi) is 6.79. The van der Waals surface area contributed by atoms with E-state index in [2.05, 4.69) is 22.3 Å². The first-order valence-electron chi connectivity index (χ1n) is 10.0. The van der Waals surface area contributed by atoms with Crippen molar-refractivity contribution in [1.29, 1.82) is 0 Å². The Bertz CT molecular complexity index is 908. The summed E-state index contributed by atoms with van der Waals surface area (Å²) in [4.78, 5) is 15.1. The first kappa shape index (κ1) is 21.2. The van der Waals surface area contributed by atoms with E-state index in [0.717, 1.165) is 29.2 Å². The van der Waals surface area contributed by atoms with Gasteiger partial charge >= 0.3 is 0 Å². The van der Waals surface area contributed by atoms with Crippen molar-refractivity contribution in [3.63, 3.8) is 0 Å². The lowest BCUT2D eigenvalue weighted by atomic mass is 10.1. The van der Waals surface area contributed by atoms with Crippen molar-refractivity contribution in [2.75, 3.05) is 28.6 Å². The van der Waals surface area contributed by atoms with Crippen LogP contribution in [0.1, 0.15) is 31.7 Å². The topological polar surface area (TPSA) is 69.7 Å². The van der Waals surface area contributed by atoms with Gasteiger partial charge in [0.15, 0.2) is 0 Å². The summed E-state index contributed by atoms with van der Waals surface area (Å²) >= 11 is 0. The molecule has 0 spiro atoms. The van der Waals surface area contributed by atoms with E-state index >= 15 is 0 Å². The molecule has 1 fully saturated rings. The molecule has 29 heavy (non-hydrogen) atoms. The number of benzene rings is 2. The SMILES string of the molecule is CC(C(=O)NCc1ccc(N2CCCCC2)cc1)N(c1ccccc1)S(C)(=O)=O. The second kappa shape index (κ2) is 9.31. The van der Waals surface area contributed by atoms with Crippen LogP contribution in [0.15, 0.2) is 54.6 Å². The molecule has 7 heteroatoms. The lowest BCUT2D eigenvalue weighted by molar-refractivity contribution is -0.122. The van der Waals surface area contributed by atoms with Crippen molar-refractivity contribution in [1.82, 2.24) is 5.32 Å². The molecule has 156 valence electrons. The fraction of sp³-hybridized carbons (Fsp3) is 0.409. The van der Waals surface area contributed by atoms with Crippen molar-refractivity contribution in [2.24, 2.45) is 0 Å². The molecule has 1 heterocycles. The maximum atomic E-state index is 12.7. The monoisotopic (exact) mass is 415 g/mol. The van der Waals surface area contributed by atoms with Crippen molar-refractivity contribution < 1.29 is 13.2 Å². The number of rotatable bonds is 7. The van der Waals surface area contributed by atoms with E-state index in [1.807, 2.05) is 18.2 Å². The Hall–Kier alpha value is -2.54. The molecule has 0 saturated carbocycles. The number of hydrogen-bond acceptors (Lipinski definition) is 4. The van der Waals surface area contributed by atoms with Crippen LogP contribution in [0.25, 0.3) is 0 Å². The number of hydrogen-bond donors (Lipinski definition) is 1. The molecule has 0 bridgehead atoms. The van der Waals surface area contributed by atoms with Gasteiger partial charge in [0.25, 0.3) is 0 Å². The fourth-order valence-electron chi connectivity index (χ4n) is 3.70. The Morgan fingerprint density at radius 2 is 1.66 bits per heavy atom. The molecule has 1 atom stereocenters. The first-order valence-corrected chi connectivity index (χ1v) is 11.9. The van der Waals surface area contributed by atoms with E-state index in [0.29, 0.717) is 12.2 Å². The first-order chi connectivity index (χ1) is 13.9. The Balaban J connectivity index is 1.63. The highest BCUT2D eigenvalue weighted by Crippen LogP contribution is 2.21. The zero-order valence-electron chi connectivity index (χ0n) is 17.0. The minimum absolute atomic E-state index is 0.334. The van der Waals surface area contributed by atoms with Gasteiger partial charge in [-0.15, -0.1) is 0 Å². The summed E-state index contributed by atoms with van der Waals surface area (Å²) in [6.07, 6.45) is 4.87. The van der Waals surface area contributed by atoms with Gasteiger partial charge in [-0.2, -0.15) is 0 Å². The number of carbonyl (C=O) groups excluding carboxylic acids is 1. The number of nitrogens with one attached hydrogen (secondary N) is 1. The number of amides is 1. The Morgan fingerprint density at radius 3 is 2.24 bits per heavy atom. The predicted octanol–water partition coefficient (Wildman–Crippen LogP) is 3.15. The van der Waals surface area contributed by atoms with Crippen molar-refractivity contribution in [3.8, 4) is 0 Å². The molecular weight excluding hydrogens is 386 g/mol. The highest BCUT2D eigenvalue weighted by Gasteiger charge is 2.28. The standard InChI is InChI=1S/C22H29N3O3S/c1-18(25(29(2,27)28)21-9-5-3-6-10-21)22(26)23-17-19-11-13-20(14-12-19)24-15-7-4-8-16-24/h3,5-6,9-14,18H,4,7-8,15-17H2,1-2H3,(H,23,26). The zero-order chi connectivity index (χ0) is 20.9. The van der Waals surface area contributed by atoms with Crippen LogP contribution in [0.4, 0.5) is 11.4 Å². The summed E-state index contributed by atoms with van der Waals surface area (Å²) in [7, 11) is -3.60. The van der Waals surface area contributed by atoms with Crippen LogP contribution in [0.3, 0.4) is 0 Å². The number of sulfonamides is 1. The van der Waals surface area contributed by atoms with E-state index in [9.17, 15) is 13.2 Å². The molecule has 1 unspecified atom stereocenters. The Morgan fingerprint density at radius 1 is 1.03 bits per heavy atom. The molecule has 1 saturated heterocycles. The van der Waals surface area contributed by atoms with Crippen LogP contribution >= 0.6 is 0 Å². The summed E-state index contributed by atoms with van der Waals surface area (Å²) in [5, 5.41) is 2.86. The highest BCUT2D eigenvalue weighted by molar-refractivity contribution is 7.92. The van der Waals surface area contributed by atoms with Crippen LogP contribution in [0.2, 0.25) is 0 Å². The summed E-state index contributed by atoms with van der Waals surface area (Å²) in [6.45, 7) is 4.14. The average Bonchev–Trinajstić information content (AvgIpc) is 2.73. The van der Waals surface area contributed by atoms with Gasteiger partial charge in [0, 0.05) is 25.3 Å². The van der Waals surface area contributed by atoms with E-state index in [1.54, 1.807) is 31.2 Å². The number of anilines is 2. The largest absolute Gasteiger partial charge is 0.372 e. The van der Waals surface area contributed by atoms with E-state index in [1.165, 1.54) is 24.9 Å². The third-order valence-electron chi connectivity index (χ3n) is 5.22. The van der Waals surface area contributed by atoms with E-state index < -0.39 is 16.1 Å². The van der Waals surface area contributed by atoms with Gasteiger partial charge in [0.2, 0.25) is 15.9 Å². The van der Waals surface area contributed by atoms with Crippen LogP contribution < -0.4 is 14.5 Å². The molecule has 1 amide bonds. The summed E-state index contributed by atoms with van der Waals surface area (Å²) < 4.78 is 25.7. The summed E-state index contributed by atoms with van der Waals surface area (Å²) in [5.41, 5.74) is 2.67. The molecule has 1 N–H and O–H groups in total. The number of carbonyl (C=O) groups is 1. The van der Waals surface area contributed by atoms with Crippen LogP contribution in [0.5, 0.6) is 0 Å². The minimum Gasteiger partial charge on any atom is -0.372 e. The van der Waals surface area contributed by atoms with Gasteiger partial charge in [-0.05, 0) is 56.0 Å². The molecule has 0 radical (unpaired) electrons. The van der Waals surface area contributed by atoms with Crippen molar-refractivity contribution >= 4 is 27.3 Å². The average molecular weight is 416 g/mol. The lowest BCUT2D eigenvalue weighted by Crippen LogP contribution is -2.47. The zero-order valence-corrected chi connectivity index (χ0v) is 17.9. The van der Waals surface area contributed by atoms with Crippen LogP contribution in [0, 0.1) is 0 Å². The van der Waals surface area contributed by atoms with Gasteiger partial charge in [-0.25, -0.2) is 8.42 Å². The number of nitrogens with zero attached hydrogens (tertiary/aromatic N) is 2. The van der Waals surface area contributed by atoms with Crippen molar-refractivity contribution in [2.45, 2.75) is 38.8 Å². The van der Waals surface area contributed by atoms with Gasteiger partial charge in [0.05, 0.1) is 11.9 Å². The summed E-state index contributed by atoms with van der Waals surface area (Å²) in [5.74, 6) is -0.334. The summed E-state index contributed by atoms with van der Waals surface area (Å²) in [6, 6.07) is 16.0. The molecule has 2 aromatic carbocycles. The maximum absolute atomic E-state index is 12.7. The smallest absolute Gasteiger partial charge is 0.243 e. The number of para-hydroxylation sites is 1. The minimum atomic E-state index is -3.60.